The molecule has 21 heavy (non-hydrogen) atoms. The van der Waals surface area contributed by atoms with Crippen LogP contribution in [0.5, 0.6) is 0 Å². The molecular formula is C17H23ClN2O. The minimum absolute atomic E-state index is 0.250. The monoisotopic (exact) mass is 306 g/mol. The Labute approximate surface area is 131 Å². The standard InChI is InChI=1S/C17H23ClN2O/c18-16-3-1-13(2-4-16)11-17(21)20-9-6-14(7-10-20)15-5-8-19-12-15/h1-4,14-15,19H,5-12H2/t15-/m0/s1. The van der Waals surface area contributed by atoms with Crippen LogP contribution in [0.4, 0.5) is 0 Å². The van der Waals surface area contributed by atoms with Crippen molar-refractivity contribution in [3.05, 3.63) is 34.9 Å². The second-order valence-corrected chi connectivity index (χ2v) is 6.71. The van der Waals surface area contributed by atoms with Crippen molar-refractivity contribution in [2.75, 3.05) is 26.2 Å². The van der Waals surface area contributed by atoms with Crippen LogP contribution in [0.2, 0.25) is 5.02 Å². The smallest absolute Gasteiger partial charge is 0.226 e. The molecule has 2 aliphatic heterocycles. The fourth-order valence-electron chi connectivity index (χ4n) is 3.59. The van der Waals surface area contributed by atoms with Crippen LogP contribution in [0.1, 0.15) is 24.8 Å². The second kappa shape index (κ2) is 6.80. The molecule has 2 saturated heterocycles. The average molecular weight is 307 g/mol. The van der Waals surface area contributed by atoms with Gasteiger partial charge in [-0.05, 0) is 61.9 Å². The third-order valence-electron chi connectivity index (χ3n) is 4.93. The Kier molecular flexibility index (Phi) is 4.81. The van der Waals surface area contributed by atoms with E-state index in [0.717, 1.165) is 35.5 Å². The highest BCUT2D eigenvalue weighted by Crippen LogP contribution is 2.29. The summed E-state index contributed by atoms with van der Waals surface area (Å²) in [7, 11) is 0. The molecule has 2 heterocycles. The van der Waals surface area contributed by atoms with Gasteiger partial charge in [-0.1, -0.05) is 23.7 Å². The van der Waals surface area contributed by atoms with Crippen LogP contribution in [0.25, 0.3) is 0 Å². The molecule has 1 aromatic rings. The normalized spacial score (nSPS) is 23.5. The molecule has 1 N–H and O–H groups in total. The molecule has 0 radical (unpaired) electrons. The first-order valence-corrected chi connectivity index (χ1v) is 8.33. The van der Waals surface area contributed by atoms with E-state index in [1.807, 2.05) is 29.2 Å². The van der Waals surface area contributed by atoms with E-state index in [1.54, 1.807) is 0 Å². The van der Waals surface area contributed by atoms with E-state index in [2.05, 4.69) is 5.32 Å². The summed E-state index contributed by atoms with van der Waals surface area (Å²) in [5.74, 6) is 1.89. The summed E-state index contributed by atoms with van der Waals surface area (Å²) in [6, 6.07) is 7.58. The quantitative estimate of drug-likeness (QED) is 0.931. The molecule has 2 fully saturated rings. The lowest BCUT2D eigenvalue weighted by Gasteiger charge is -2.34. The summed E-state index contributed by atoms with van der Waals surface area (Å²) in [6.45, 7) is 4.19. The average Bonchev–Trinajstić information content (AvgIpc) is 3.04. The number of rotatable bonds is 3. The minimum atomic E-state index is 0.250. The van der Waals surface area contributed by atoms with Gasteiger partial charge in [-0.3, -0.25) is 4.79 Å². The van der Waals surface area contributed by atoms with Gasteiger partial charge in [0.05, 0.1) is 6.42 Å². The maximum absolute atomic E-state index is 12.4. The number of halogens is 1. The Morgan fingerprint density at radius 2 is 1.86 bits per heavy atom. The van der Waals surface area contributed by atoms with Gasteiger partial charge in [-0.15, -0.1) is 0 Å². The highest BCUT2D eigenvalue weighted by Gasteiger charge is 2.29. The minimum Gasteiger partial charge on any atom is -0.342 e. The van der Waals surface area contributed by atoms with E-state index >= 15 is 0 Å². The number of likely N-dealkylation sites (tertiary alicyclic amines) is 1. The number of nitrogens with one attached hydrogen (secondary N) is 1. The Balaban J connectivity index is 1.49. The summed E-state index contributed by atoms with van der Waals surface area (Å²) >= 11 is 5.87. The lowest BCUT2D eigenvalue weighted by Crippen LogP contribution is -2.41. The van der Waals surface area contributed by atoms with Crippen molar-refractivity contribution in [1.82, 2.24) is 10.2 Å². The summed E-state index contributed by atoms with van der Waals surface area (Å²) < 4.78 is 0. The number of carbonyl (C=O) groups excluding carboxylic acids is 1. The molecule has 1 atom stereocenters. The molecule has 1 amide bonds. The van der Waals surface area contributed by atoms with Gasteiger partial charge in [0.1, 0.15) is 0 Å². The van der Waals surface area contributed by atoms with E-state index in [-0.39, 0.29) is 5.91 Å². The SMILES string of the molecule is O=C(Cc1ccc(Cl)cc1)N1CCC([C@H]2CCNC2)CC1. The van der Waals surface area contributed by atoms with Crippen molar-refractivity contribution in [1.29, 1.82) is 0 Å². The molecule has 0 saturated carbocycles. The fourth-order valence-corrected chi connectivity index (χ4v) is 3.71. The zero-order chi connectivity index (χ0) is 14.7. The summed E-state index contributed by atoms with van der Waals surface area (Å²) in [4.78, 5) is 14.4. The van der Waals surface area contributed by atoms with Crippen LogP contribution in [0.3, 0.4) is 0 Å². The van der Waals surface area contributed by atoms with Gasteiger partial charge in [-0.2, -0.15) is 0 Å². The van der Waals surface area contributed by atoms with Crippen LogP contribution in [0.15, 0.2) is 24.3 Å². The Hall–Kier alpha value is -1.06. The number of carbonyl (C=O) groups is 1. The first-order chi connectivity index (χ1) is 10.2. The van der Waals surface area contributed by atoms with Gasteiger partial charge in [0.15, 0.2) is 0 Å². The number of hydrogen-bond acceptors (Lipinski definition) is 2. The zero-order valence-corrected chi connectivity index (χ0v) is 13.1. The predicted octanol–water partition coefficient (Wildman–Crippen LogP) is 2.73. The predicted molar refractivity (Wildman–Crippen MR) is 85.4 cm³/mol. The topological polar surface area (TPSA) is 32.3 Å². The zero-order valence-electron chi connectivity index (χ0n) is 12.4. The number of amides is 1. The van der Waals surface area contributed by atoms with E-state index in [4.69, 9.17) is 11.6 Å². The second-order valence-electron chi connectivity index (χ2n) is 6.27. The van der Waals surface area contributed by atoms with Gasteiger partial charge in [-0.25, -0.2) is 0 Å². The van der Waals surface area contributed by atoms with E-state index in [1.165, 1.54) is 32.4 Å². The molecular weight excluding hydrogens is 284 g/mol. The van der Waals surface area contributed by atoms with Gasteiger partial charge in [0, 0.05) is 18.1 Å². The third-order valence-corrected chi connectivity index (χ3v) is 5.18. The third kappa shape index (κ3) is 3.78. The summed E-state index contributed by atoms with van der Waals surface area (Å²) in [5, 5.41) is 4.17. The maximum Gasteiger partial charge on any atom is 0.226 e. The maximum atomic E-state index is 12.4. The molecule has 3 nitrogen and oxygen atoms in total. The van der Waals surface area contributed by atoms with Gasteiger partial charge >= 0.3 is 0 Å². The molecule has 114 valence electrons. The molecule has 0 unspecified atom stereocenters. The number of nitrogens with zero attached hydrogens (tertiary/aromatic N) is 1. The van der Waals surface area contributed by atoms with E-state index < -0.39 is 0 Å². The van der Waals surface area contributed by atoms with Crippen LogP contribution in [-0.2, 0) is 11.2 Å². The van der Waals surface area contributed by atoms with Gasteiger partial charge in [0.2, 0.25) is 5.91 Å². The van der Waals surface area contributed by atoms with Crippen LogP contribution in [0, 0.1) is 11.8 Å². The number of hydrogen-bond donors (Lipinski definition) is 1. The van der Waals surface area contributed by atoms with Crippen molar-refractivity contribution in [3.63, 3.8) is 0 Å². The molecule has 0 spiro atoms. The van der Waals surface area contributed by atoms with Crippen molar-refractivity contribution in [2.45, 2.75) is 25.7 Å². The highest BCUT2D eigenvalue weighted by atomic mass is 35.5. The van der Waals surface area contributed by atoms with Crippen molar-refractivity contribution in [2.24, 2.45) is 11.8 Å². The lowest BCUT2D eigenvalue weighted by molar-refractivity contribution is -0.132. The molecule has 3 rings (SSSR count). The first kappa shape index (κ1) is 14.9. The lowest BCUT2D eigenvalue weighted by atomic mass is 9.83. The Morgan fingerprint density at radius 1 is 1.14 bits per heavy atom. The summed E-state index contributed by atoms with van der Waals surface area (Å²) in [6.07, 6.45) is 4.13. The van der Waals surface area contributed by atoms with Crippen LogP contribution < -0.4 is 5.32 Å². The number of benzene rings is 1. The fraction of sp³-hybridized carbons (Fsp3) is 0.588. The van der Waals surface area contributed by atoms with Crippen molar-refractivity contribution in [3.8, 4) is 0 Å². The molecule has 0 bridgehead atoms. The van der Waals surface area contributed by atoms with E-state index in [9.17, 15) is 4.79 Å². The Bertz CT molecular complexity index is 474. The first-order valence-electron chi connectivity index (χ1n) is 7.95. The van der Waals surface area contributed by atoms with Gasteiger partial charge in [0.25, 0.3) is 0 Å². The molecule has 0 aliphatic carbocycles. The van der Waals surface area contributed by atoms with Crippen LogP contribution in [-0.4, -0.2) is 37.0 Å². The highest BCUT2D eigenvalue weighted by molar-refractivity contribution is 6.30. The van der Waals surface area contributed by atoms with Crippen molar-refractivity contribution < 1.29 is 4.79 Å². The van der Waals surface area contributed by atoms with Crippen molar-refractivity contribution >= 4 is 17.5 Å². The van der Waals surface area contributed by atoms with Crippen LogP contribution >= 0.6 is 11.6 Å². The van der Waals surface area contributed by atoms with Gasteiger partial charge < -0.3 is 10.2 Å². The summed E-state index contributed by atoms with van der Waals surface area (Å²) in [5.41, 5.74) is 1.05. The van der Waals surface area contributed by atoms with E-state index in [0.29, 0.717) is 6.42 Å². The molecule has 1 aromatic carbocycles. The Morgan fingerprint density at radius 3 is 2.48 bits per heavy atom. The number of piperidine rings is 1. The molecule has 4 heteroatoms. The largest absolute Gasteiger partial charge is 0.342 e. The molecule has 0 aromatic heterocycles. The molecule has 2 aliphatic rings.